The third kappa shape index (κ3) is 3.77. The van der Waals surface area contributed by atoms with Crippen molar-refractivity contribution in [2.24, 2.45) is 0 Å². The molecule has 1 aromatic heterocycles. The maximum absolute atomic E-state index is 12.8. The predicted molar refractivity (Wildman–Crippen MR) is 102 cm³/mol. The van der Waals surface area contributed by atoms with E-state index in [-0.39, 0.29) is 5.91 Å². The molecule has 0 unspecified atom stereocenters. The van der Waals surface area contributed by atoms with Gasteiger partial charge in [-0.1, -0.05) is 54.2 Å². The van der Waals surface area contributed by atoms with E-state index in [4.69, 9.17) is 0 Å². The van der Waals surface area contributed by atoms with Gasteiger partial charge in [0.15, 0.2) is 0 Å². The Bertz CT molecular complexity index is 907. The highest BCUT2D eigenvalue weighted by Crippen LogP contribution is 2.36. The molecule has 1 heterocycles. The SMILES string of the molecule is Cc1ccc(C)c(-n2nnnc2S[C@H](C(=O)N(C)C)c2ccccc2)c1. The van der Waals surface area contributed by atoms with Crippen molar-refractivity contribution in [2.75, 3.05) is 14.1 Å². The van der Waals surface area contributed by atoms with E-state index in [0.29, 0.717) is 5.16 Å². The molecule has 3 rings (SSSR count). The summed E-state index contributed by atoms with van der Waals surface area (Å²) in [6.45, 7) is 4.05. The van der Waals surface area contributed by atoms with E-state index >= 15 is 0 Å². The first-order chi connectivity index (χ1) is 12.5. The summed E-state index contributed by atoms with van der Waals surface area (Å²) in [5.74, 6) is -0.00304. The van der Waals surface area contributed by atoms with Crippen molar-refractivity contribution in [3.05, 3.63) is 65.2 Å². The topological polar surface area (TPSA) is 63.9 Å². The Hall–Kier alpha value is -2.67. The van der Waals surface area contributed by atoms with Crippen LogP contribution >= 0.6 is 11.8 Å². The van der Waals surface area contributed by atoms with Crippen molar-refractivity contribution in [1.82, 2.24) is 25.1 Å². The van der Waals surface area contributed by atoms with E-state index in [1.807, 2.05) is 56.3 Å². The van der Waals surface area contributed by atoms with E-state index in [1.54, 1.807) is 23.7 Å². The molecule has 0 aliphatic heterocycles. The zero-order chi connectivity index (χ0) is 18.7. The van der Waals surface area contributed by atoms with E-state index in [2.05, 4.69) is 21.6 Å². The van der Waals surface area contributed by atoms with Crippen molar-refractivity contribution < 1.29 is 4.79 Å². The van der Waals surface area contributed by atoms with Crippen LogP contribution in [-0.2, 0) is 4.79 Å². The quantitative estimate of drug-likeness (QED) is 0.648. The van der Waals surface area contributed by atoms with Crippen LogP contribution in [0.3, 0.4) is 0 Å². The van der Waals surface area contributed by atoms with Gasteiger partial charge >= 0.3 is 0 Å². The third-order valence-corrected chi connectivity index (χ3v) is 5.20. The Morgan fingerprint density at radius 1 is 1.12 bits per heavy atom. The highest BCUT2D eigenvalue weighted by atomic mass is 32.2. The smallest absolute Gasteiger partial charge is 0.240 e. The van der Waals surface area contributed by atoms with E-state index in [9.17, 15) is 4.79 Å². The second kappa shape index (κ2) is 7.70. The molecule has 0 N–H and O–H groups in total. The molecule has 0 spiro atoms. The molecule has 3 aromatic rings. The summed E-state index contributed by atoms with van der Waals surface area (Å²) in [6.07, 6.45) is 0. The Kier molecular flexibility index (Phi) is 5.37. The minimum atomic E-state index is -0.416. The Morgan fingerprint density at radius 2 is 1.85 bits per heavy atom. The van der Waals surface area contributed by atoms with Gasteiger partial charge in [-0.05, 0) is 47.0 Å². The molecule has 0 aliphatic rings. The van der Waals surface area contributed by atoms with Crippen molar-refractivity contribution >= 4 is 17.7 Å². The lowest BCUT2D eigenvalue weighted by Crippen LogP contribution is -2.27. The zero-order valence-corrected chi connectivity index (χ0v) is 16.1. The standard InChI is InChI=1S/C19H21N5OS/c1-13-10-11-14(2)16(12-13)24-19(20-21-22-24)26-17(18(25)23(3)4)15-8-6-5-7-9-15/h5-12,17H,1-4H3/t17-/m0/s1. The van der Waals surface area contributed by atoms with E-state index < -0.39 is 5.25 Å². The average molecular weight is 367 g/mol. The lowest BCUT2D eigenvalue weighted by Gasteiger charge is -2.20. The fraction of sp³-hybridized carbons (Fsp3) is 0.263. The number of likely N-dealkylation sites (N-methyl/N-ethyl adjacent to an activating group) is 1. The lowest BCUT2D eigenvalue weighted by molar-refractivity contribution is -0.128. The van der Waals surface area contributed by atoms with Gasteiger partial charge in [0.1, 0.15) is 5.25 Å². The third-order valence-electron chi connectivity index (χ3n) is 4.02. The molecule has 26 heavy (non-hydrogen) atoms. The summed E-state index contributed by atoms with van der Waals surface area (Å²) >= 11 is 1.36. The Labute approximate surface area is 157 Å². The Morgan fingerprint density at radius 3 is 2.54 bits per heavy atom. The number of hydrogen-bond donors (Lipinski definition) is 0. The first-order valence-corrected chi connectivity index (χ1v) is 9.14. The monoisotopic (exact) mass is 367 g/mol. The summed E-state index contributed by atoms with van der Waals surface area (Å²) in [5, 5.41) is 12.3. The van der Waals surface area contributed by atoms with Crippen LogP contribution in [0.2, 0.25) is 0 Å². The summed E-state index contributed by atoms with van der Waals surface area (Å²) < 4.78 is 1.70. The first-order valence-electron chi connectivity index (χ1n) is 8.26. The van der Waals surface area contributed by atoms with Crippen LogP contribution in [0.4, 0.5) is 0 Å². The predicted octanol–water partition coefficient (Wildman–Crippen LogP) is 3.20. The summed E-state index contributed by atoms with van der Waals surface area (Å²) in [4.78, 5) is 14.4. The lowest BCUT2D eigenvalue weighted by atomic mass is 10.1. The van der Waals surface area contributed by atoms with Crippen LogP contribution in [0, 0.1) is 13.8 Å². The van der Waals surface area contributed by atoms with Gasteiger partial charge in [-0.2, -0.15) is 4.68 Å². The maximum atomic E-state index is 12.8. The second-order valence-electron chi connectivity index (χ2n) is 6.30. The minimum Gasteiger partial charge on any atom is -0.348 e. The number of carbonyl (C=O) groups excluding carboxylic acids is 1. The van der Waals surface area contributed by atoms with Crippen LogP contribution < -0.4 is 0 Å². The molecule has 0 saturated heterocycles. The number of hydrogen-bond acceptors (Lipinski definition) is 5. The number of rotatable bonds is 5. The Balaban J connectivity index is 2.00. The maximum Gasteiger partial charge on any atom is 0.240 e. The molecule has 0 saturated carbocycles. The normalized spacial score (nSPS) is 12.0. The van der Waals surface area contributed by atoms with Crippen molar-refractivity contribution in [2.45, 2.75) is 24.3 Å². The minimum absolute atomic E-state index is 0.00304. The highest BCUT2D eigenvalue weighted by Gasteiger charge is 2.26. The van der Waals surface area contributed by atoms with Gasteiger partial charge in [0, 0.05) is 14.1 Å². The number of nitrogens with zero attached hydrogens (tertiary/aromatic N) is 5. The van der Waals surface area contributed by atoms with Crippen molar-refractivity contribution in [1.29, 1.82) is 0 Å². The molecule has 6 nitrogen and oxygen atoms in total. The molecule has 1 atom stereocenters. The number of aromatic nitrogens is 4. The van der Waals surface area contributed by atoms with E-state index in [0.717, 1.165) is 22.4 Å². The van der Waals surface area contributed by atoms with Gasteiger partial charge < -0.3 is 4.90 Å². The van der Waals surface area contributed by atoms with Gasteiger partial charge in [0.2, 0.25) is 11.1 Å². The van der Waals surface area contributed by atoms with Crippen LogP contribution in [0.1, 0.15) is 21.9 Å². The number of thioether (sulfide) groups is 1. The van der Waals surface area contributed by atoms with Gasteiger partial charge in [-0.15, -0.1) is 5.10 Å². The molecule has 2 aromatic carbocycles. The molecule has 0 bridgehead atoms. The van der Waals surface area contributed by atoms with Gasteiger partial charge in [-0.3, -0.25) is 4.79 Å². The molecule has 0 fully saturated rings. The van der Waals surface area contributed by atoms with Crippen LogP contribution in [0.15, 0.2) is 53.7 Å². The molecular weight excluding hydrogens is 346 g/mol. The first kappa shape index (κ1) is 18.1. The number of tetrazole rings is 1. The summed E-state index contributed by atoms with van der Waals surface area (Å²) in [6, 6.07) is 15.8. The number of benzene rings is 2. The van der Waals surface area contributed by atoms with Gasteiger partial charge in [-0.25, -0.2) is 0 Å². The number of amides is 1. The highest BCUT2D eigenvalue weighted by molar-refractivity contribution is 8.00. The second-order valence-corrected chi connectivity index (χ2v) is 7.38. The zero-order valence-electron chi connectivity index (χ0n) is 15.2. The average Bonchev–Trinajstić information content (AvgIpc) is 3.10. The molecule has 0 radical (unpaired) electrons. The largest absolute Gasteiger partial charge is 0.348 e. The van der Waals surface area contributed by atoms with Crippen LogP contribution in [0.25, 0.3) is 5.69 Å². The molecule has 0 aliphatic carbocycles. The fourth-order valence-corrected chi connectivity index (χ4v) is 3.71. The number of carbonyl (C=O) groups is 1. The molecule has 7 heteroatoms. The van der Waals surface area contributed by atoms with Crippen LogP contribution in [0.5, 0.6) is 0 Å². The van der Waals surface area contributed by atoms with E-state index in [1.165, 1.54) is 11.8 Å². The molecule has 134 valence electrons. The summed E-state index contributed by atoms with van der Waals surface area (Å²) in [7, 11) is 3.51. The van der Waals surface area contributed by atoms with Crippen molar-refractivity contribution in [3.8, 4) is 5.69 Å². The number of aryl methyl sites for hydroxylation is 2. The van der Waals surface area contributed by atoms with Crippen molar-refractivity contribution in [3.63, 3.8) is 0 Å². The van der Waals surface area contributed by atoms with Gasteiger partial charge in [0.25, 0.3) is 0 Å². The molecule has 1 amide bonds. The summed E-state index contributed by atoms with van der Waals surface area (Å²) in [5.41, 5.74) is 4.04. The van der Waals surface area contributed by atoms with Crippen LogP contribution in [-0.4, -0.2) is 45.1 Å². The fourth-order valence-electron chi connectivity index (χ4n) is 2.58. The molecular formula is C19H21N5OS. The van der Waals surface area contributed by atoms with Gasteiger partial charge in [0.05, 0.1) is 5.69 Å².